The third kappa shape index (κ3) is 8.73. The van der Waals surface area contributed by atoms with Crippen LogP contribution in [0.15, 0.2) is 97.3 Å². The number of carbonyl (C=O) groups is 1. The highest BCUT2D eigenvalue weighted by Crippen LogP contribution is 2.36. The van der Waals surface area contributed by atoms with Crippen LogP contribution in [0.3, 0.4) is 0 Å². The summed E-state index contributed by atoms with van der Waals surface area (Å²) < 4.78 is 83.5. The summed E-state index contributed by atoms with van der Waals surface area (Å²) in [6, 6.07) is 22.3. The van der Waals surface area contributed by atoms with Gasteiger partial charge in [0.1, 0.15) is 12.3 Å². The maximum Gasteiger partial charge on any atom is 0.410 e. The number of hydrogen-bond acceptors (Lipinski definition) is 9. The van der Waals surface area contributed by atoms with Gasteiger partial charge in [-0.2, -0.15) is 4.39 Å². The lowest BCUT2D eigenvalue weighted by Gasteiger charge is -2.37. The van der Waals surface area contributed by atoms with Crippen molar-refractivity contribution in [1.82, 2.24) is 19.9 Å². The third-order valence-corrected chi connectivity index (χ3v) is 9.37. The van der Waals surface area contributed by atoms with Gasteiger partial charge in [-0.05, 0) is 49.1 Å². The Labute approximate surface area is 292 Å². The van der Waals surface area contributed by atoms with E-state index >= 15 is 13.2 Å². The molecule has 2 N–H and O–H groups in total. The molecule has 0 radical (unpaired) electrons. The Morgan fingerprint density at radius 3 is 2.37 bits per heavy atom. The summed E-state index contributed by atoms with van der Waals surface area (Å²) in [5.41, 5.74) is 0.617. The normalized spacial score (nSPS) is 16.0. The number of halogens is 3. The molecule has 15 heteroatoms. The number of anilines is 2. The van der Waals surface area contributed by atoms with Gasteiger partial charge < -0.3 is 19.7 Å². The molecule has 3 heterocycles. The highest BCUT2D eigenvalue weighted by molar-refractivity contribution is 7.91. The van der Waals surface area contributed by atoms with E-state index in [1.807, 2.05) is 37.3 Å². The second-order valence-corrected chi connectivity index (χ2v) is 13.6. The minimum Gasteiger partial charge on any atom is -0.445 e. The largest absolute Gasteiger partial charge is 0.445 e. The Morgan fingerprint density at radius 1 is 0.902 bits per heavy atom. The van der Waals surface area contributed by atoms with Crippen LogP contribution in [0.5, 0.6) is 11.6 Å². The lowest BCUT2D eigenvalue weighted by molar-refractivity contribution is 0.0695. The van der Waals surface area contributed by atoms with Crippen LogP contribution in [0.4, 0.5) is 29.6 Å². The SMILES string of the molecule is C[C@H]1CC[C@H](Nc2nccc(-c3cccnc3Oc3cc(F)c(NS(=O)(=O)Cc4ccccc4)c(F)c3F)n2)CN1C(=O)OCc1ccccc1. The number of sulfonamides is 1. The molecule has 5 aromatic rings. The van der Waals surface area contributed by atoms with Crippen molar-refractivity contribution < 1.29 is 35.9 Å². The molecule has 0 aliphatic carbocycles. The number of nitrogens with zero attached hydrogens (tertiary/aromatic N) is 4. The minimum atomic E-state index is -4.30. The van der Waals surface area contributed by atoms with Gasteiger partial charge in [-0.3, -0.25) is 4.72 Å². The average molecular weight is 719 g/mol. The number of piperidine rings is 1. The molecule has 51 heavy (non-hydrogen) atoms. The molecule has 264 valence electrons. The molecule has 0 saturated carbocycles. The predicted octanol–water partition coefficient (Wildman–Crippen LogP) is 7.29. The second kappa shape index (κ2) is 15.5. The first-order valence-electron chi connectivity index (χ1n) is 16.0. The molecule has 0 unspecified atom stereocenters. The fraction of sp³-hybridized carbons (Fsp3) is 0.222. The van der Waals surface area contributed by atoms with Crippen LogP contribution in [0, 0.1) is 17.5 Å². The second-order valence-electron chi connectivity index (χ2n) is 11.9. The van der Waals surface area contributed by atoms with Crippen LogP contribution >= 0.6 is 0 Å². The summed E-state index contributed by atoms with van der Waals surface area (Å²) in [6.07, 6.45) is 3.83. The summed E-state index contributed by atoms with van der Waals surface area (Å²) in [7, 11) is -4.30. The van der Waals surface area contributed by atoms with Gasteiger partial charge in [0, 0.05) is 37.1 Å². The molecular formula is C36H33F3N6O5S. The van der Waals surface area contributed by atoms with Gasteiger partial charge in [-0.25, -0.2) is 36.9 Å². The summed E-state index contributed by atoms with van der Waals surface area (Å²) in [5.74, 6) is -6.25. The van der Waals surface area contributed by atoms with Crippen LogP contribution in [0.2, 0.25) is 0 Å². The van der Waals surface area contributed by atoms with Gasteiger partial charge in [0.2, 0.25) is 27.7 Å². The standard InChI is InChI=1S/C36H33F3N6O5S/c1-23-14-15-26(20-45(23)36(46)49-21-24-9-4-2-5-10-24)42-35-41-18-16-29(43-35)27-13-8-17-40-34(27)50-30-19-28(37)33(32(39)31(30)38)44-51(47,48)22-25-11-6-3-7-12-25/h2-13,16-19,23,26,44H,14-15,20-22H2,1H3,(H,41,42,43)/t23-,26-/m0/s1. The van der Waals surface area contributed by atoms with E-state index in [-0.39, 0.29) is 36.1 Å². The van der Waals surface area contributed by atoms with Crippen molar-refractivity contribution in [3.63, 3.8) is 0 Å². The molecule has 6 rings (SSSR count). The zero-order chi connectivity index (χ0) is 36.0. The van der Waals surface area contributed by atoms with Crippen LogP contribution in [0.1, 0.15) is 30.9 Å². The van der Waals surface area contributed by atoms with Crippen molar-refractivity contribution >= 4 is 27.8 Å². The number of likely N-dealkylation sites (tertiary alicyclic amines) is 1. The number of ether oxygens (including phenoxy) is 2. The molecule has 1 saturated heterocycles. The number of pyridine rings is 1. The smallest absolute Gasteiger partial charge is 0.410 e. The molecule has 1 aliphatic rings. The quantitative estimate of drug-likeness (QED) is 0.135. The number of hydrogen-bond donors (Lipinski definition) is 2. The van der Waals surface area contributed by atoms with Crippen molar-refractivity contribution in [3.8, 4) is 22.9 Å². The van der Waals surface area contributed by atoms with Gasteiger partial charge in [0.15, 0.2) is 17.4 Å². The first-order chi connectivity index (χ1) is 24.6. The molecular weight excluding hydrogens is 685 g/mol. The minimum absolute atomic E-state index is 0.0349. The summed E-state index contributed by atoms with van der Waals surface area (Å²) >= 11 is 0. The van der Waals surface area contributed by atoms with Crippen molar-refractivity contribution in [3.05, 3.63) is 126 Å². The first kappa shape index (κ1) is 35.1. The van der Waals surface area contributed by atoms with Gasteiger partial charge in [0.25, 0.3) is 0 Å². The Bertz CT molecular complexity index is 2110. The van der Waals surface area contributed by atoms with Crippen LogP contribution in [-0.2, 0) is 27.1 Å². The number of amides is 1. The Hall–Kier alpha value is -5.70. The van der Waals surface area contributed by atoms with Crippen LogP contribution < -0.4 is 14.8 Å². The monoisotopic (exact) mass is 718 g/mol. The third-order valence-electron chi connectivity index (χ3n) is 8.15. The van der Waals surface area contributed by atoms with Crippen molar-refractivity contribution in [2.75, 3.05) is 16.6 Å². The zero-order valence-corrected chi connectivity index (χ0v) is 28.1. The van der Waals surface area contributed by atoms with Gasteiger partial charge >= 0.3 is 6.09 Å². The van der Waals surface area contributed by atoms with Crippen molar-refractivity contribution in [2.45, 2.75) is 44.2 Å². The summed E-state index contributed by atoms with van der Waals surface area (Å²) in [5, 5.41) is 3.26. The highest BCUT2D eigenvalue weighted by atomic mass is 32.2. The predicted molar refractivity (Wildman–Crippen MR) is 184 cm³/mol. The maximum absolute atomic E-state index is 15.2. The van der Waals surface area contributed by atoms with Crippen molar-refractivity contribution in [1.29, 1.82) is 0 Å². The lowest BCUT2D eigenvalue weighted by atomic mass is 10.00. The molecule has 11 nitrogen and oxygen atoms in total. The van der Waals surface area contributed by atoms with E-state index in [0.717, 1.165) is 12.0 Å². The summed E-state index contributed by atoms with van der Waals surface area (Å²) in [4.78, 5) is 27.6. The fourth-order valence-electron chi connectivity index (χ4n) is 5.54. The molecule has 1 fully saturated rings. The first-order valence-corrected chi connectivity index (χ1v) is 17.6. The topological polar surface area (TPSA) is 136 Å². The molecule has 1 amide bonds. The van der Waals surface area contributed by atoms with Crippen molar-refractivity contribution in [2.24, 2.45) is 0 Å². The average Bonchev–Trinajstić information content (AvgIpc) is 3.13. The summed E-state index contributed by atoms with van der Waals surface area (Å²) in [6.45, 7) is 2.46. The zero-order valence-electron chi connectivity index (χ0n) is 27.3. The molecule has 0 spiro atoms. The number of carbonyl (C=O) groups excluding carboxylic acids is 1. The molecule has 3 aromatic carbocycles. The molecule has 1 aliphatic heterocycles. The fourth-order valence-corrected chi connectivity index (χ4v) is 6.74. The maximum atomic E-state index is 15.2. The highest BCUT2D eigenvalue weighted by Gasteiger charge is 2.31. The molecule has 2 atom stereocenters. The molecule has 0 bridgehead atoms. The van der Waals surface area contributed by atoms with E-state index in [4.69, 9.17) is 9.47 Å². The van der Waals surface area contributed by atoms with E-state index in [9.17, 15) is 13.2 Å². The van der Waals surface area contributed by atoms with E-state index in [0.29, 0.717) is 30.3 Å². The van der Waals surface area contributed by atoms with Crippen LogP contribution in [0.25, 0.3) is 11.3 Å². The molecule has 2 aromatic heterocycles. The Balaban J connectivity index is 1.15. The van der Waals surface area contributed by atoms with E-state index in [1.165, 1.54) is 24.5 Å². The number of rotatable bonds is 11. The van der Waals surface area contributed by atoms with Crippen LogP contribution in [-0.4, -0.2) is 53.0 Å². The number of benzene rings is 3. The van der Waals surface area contributed by atoms with E-state index in [1.54, 1.807) is 46.0 Å². The van der Waals surface area contributed by atoms with Gasteiger partial charge in [-0.15, -0.1) is 0 Å². The van der Waals surface area contributed by atoms with E-state index in [2.05, 4.69) is 20.3 Å². The number of aromatic nitrogens is 3. The Kier molecular flexibility index (Phi) is 10.7. The van der Waals surface area contributed by atoms with E-state index < -0.39 is 50.8 Å². The van der Waals surface area contributed by atoms with Gasteiger partial charge in [0.05, 0.1) is 17.0 Å². The van der Waals surface area contributed by atoms with Gasteiger partial charge in [-0.1, -0.05) is 60.7 Å². The Morgan fingerprint density at radius 2 is 1.63 bits per heavy atom. The number of nitrogens with one attached hydrogen (secondary N) is 2. The lowest BCUT2D eigenvalue weighted by Crippen LogP contribution is -2.50.